The summed E-state index contributed by atoms with van der Waals surface area (Å²) in [7, 11) is 0. The molecule has 0 unspecified atom stereocenters. The molecule has 0 aromatic heterocycles. The molecule has 0 bridgehead atoms. The van der Waals surface area contributed by atoms with Crippen molar-refractivity contribution in [1.29, 1.82) is 0 Å². The Kier molecular flexibility index (Phi) is 5.43. The molecule has 25 heavy (non-hydrogen) atoms. The van der Waals surface area contributed by atoms with Gasteiger partial charge in [-0.25, -0.2) is 4.39 Å². The fourth-order valence-corrected chi connectivity index (χ4v) is 3.09. The average molecular weight is 340 g/mol. The first-order valence-corrected chi connectivity index (χ1v) is 8.53. The zero-order chi connectivity index (χ0) is 17.6. The fourth-order valence-electron chi connectivity index (χ4n) is 3.09. The minimum absolute atomic E-state index is 0.0905. The molecule has 0 saturated carbocycles. The highest BCUT2D eigenvalue weighted by atomic mass is 19.1. The van der Waals surface area contributed by atoms with Gasteiger partial charge in [0.2, 0.25) is 11.8 Å². The molecular formula is C20H21FN2O2. The predicted molar refractivity (Wildman–Crippen MR) is 94.8 cm³/mol. The van der Waals surface area contributed by atoms with E-state index in [0.29, 0.717) is 32.4 Å². The molecule has 0 aliphatic carbocycles. The van der Waals surface area contributed by atoms with Crippen LogP contribution in [0.1, 0.15) is 24.0 Å². The molecule has 0 saturated heterocycles. The maximum atomic E-state index is 13.1. The Balaban J connectivity index is 1.48. The van der Waals surface area contributed by atoms with Crippen molar-refractivity contribution in [3.8, 4) is 0 Å². The fraction of sp³-hybridized carbons (Fsp3) is 0.300. The maximum Gasteiger partial charge on any atom is 0.227 e. The van der Waals surface area contributed by atoms with E-state index in [4.69, 9.17) is 0 Å². The number of nitrogens with one attached hydrogen (secondary N) is 1. The van der Waals surface area contributed by atoms with Crippen LogP contribution in [0.25, 0.3) is 0 Å². The molecule has 3 rings (SSSR count). The van der Waals surface area contributed by atoms with E-state index in [0.717, 1.165) is 17.7 Å². The molecule has 2 amide bonds. The summed E-state index contributed by atoms with van der Waals surface area (Å²) in [6, 6.07) is 14.1. The van der Waals surface area contributed by atoms with E-state index in [1.807, 2.05) is 24.3 Å². The van der Waals surface area contributed by atoms with Gasteiger partial charge in [0.25, 0.3) is 0 Å². The van der Waals surface area contributed by atoms with E-state index < -0.39 is 0 Å². The van der Waals surface area contributed by atoms with Gasteiger partial charge >= 0.3 is 0 Å². The van der Waals surface area contributed by atoms with Crippen molar-refractivity contribution in [3.63, 3.8) is 0 Å². The predicted octanol–water partition coefficient (Wildman–Crippen LogP) is 2.85. The minimum atomic E-state index is -0.291. The monoisotopic (exact) mass is 340 g/mol. The van der Waals surface area contributed by atoms with Crippen LogP contribution in [-0.2, 0) is 22.4 Å². The lowest BCUT2D eigenvalue weighted by atomic mass is 10.0. The van der Waals surface area contributed by atoms with Crippen LogP contribution in [0.5, 0.6) is 0 Å². The molecule has 0 spiro atoms. The lowest BCUT2D eigenvalue weighted by Crippen LogP contribution is -2.41. The van der Waals surface area contributed by atoms with Gasteiger partial charge in [-0.15, -0.1) is 0 Å². The topological polar surface area (TPSA) is 49.4 Å². The van der Waals surface area contributed by atoms with Gasteiger partial charge < -0.3 is 10.2 Å². The Labute approximate surface area is 146 Å². The van der Waals surface area contributed by atoms with E-state index in [9.17, 15) is 14.0 Å². The van der Waals surface area contributed by atoms with E-state index in [1.54, 1.807) is 17.0 Å². The number of rotatable bonds is 6. The number of aryl methyl sites for hydroxylation is 2. The first kappa shape index (κ1) is 17.1. The summed E-state index contributed by atoms with van der Waals surface area (Å²) >= 11 is 0. The lowest BCUT2D eigenvalue weighted by molar-refractivity contribution is -0.121. The van der Waals surface area contributed by atoms with Crippen molar-refractivity contribution >= 4 is 17.5 Å². The Bertz CT molecular complexity index is 776. The summed E-state index contributed by atoms with van der Waals surface area (Å²) in [5.41, 5.74) is 2.91. The molecule has 1 heterocycles. The Morgan fingerprint density at radius 3 is 2.80 bits per heavy atom. The maximum absolute atomic E-state index is 13.1. The van der Waals surface area contributed by atoms with Gasteiger partial charge in [0.1, 0.15) is 5.82 Å². The van der Waals surface area contributed by atoms with Crippen molar-refractivity contribution in [2.24, 2.45) is 0 Å². The van der Waals surface area contributed by atoms with Gasteiger partial charge in [-0.1, -0.05) is 30.3 Å². The molecule has 0 fully saturated rings. The SMILES string of the molecule is O=C(CCc1cccc(F)c1)NCCN1C(=O)CCc2ccccc21. The Morgan fingerprint density at radius 2 is 1.96 bits per heavy atom. The highest BCUT2D eigenvalue weighted by Crippen LogP contribution is 2.26. The molecule has 1 aliphatic rings. The van der Waals surface area contributed by atoms with Crippen LogP contribution in [0.15, 0.2) is 48.5 Å². The number of benzene rings is 2. The average Bonchev–Trinajstić information content (AvgIpc) is 2.62. The second-order valence-corrected chi connectivity index (χ2v) is 6.15. The second kappa shape index (κ2) is 7.92. The van der Waals surface area contributed by atoms with Crippen LogP contribution in [0.2, 0.25) is 0 Å². The van der Waals surface area contributed by atoms with Crippen molar-refractivity contribution < 1.29 is 14.0 Å². The van der Waals surface area contributed by atoms with Gasteiger partial charge in [0.05, 0.1) is 0 Å². The molecular weight excluding hydrogens is 319 g/mol. The molecule has 130 valence electrons. The summed E-state index contributed by atoms with van der Waals surface area (Å²) in [5.74, 6) is -0.296. The molecule has 0 radical (unpaired) electrons. The van der Waals surface area contributed by atoms with Gasteiger partial charge in [-0.2, -0.15) is 0 Å². The second-order valence-electron chi connectivity index (χ2n) is 6.15. The van der Waals surface area contributed by atoms with Gasteiger partial charge in [0.15, 0.2) is 0 Å². The number of carbonyl (C=O) groups is 2. The van der Waals surface area contributed by atoms with Gasteiger partial charge in [0, 0.05) is 31.6 Å². The molecule has 1 aliphatic heterocycles. The minimum Gasteiger partial charge on any atom is -0.354 e. The number of anilines is 1. The molecule has 2 aromatic carbocycles. The van der Waals surface area contributed by atoms with Crippen molar-refractivity contribution in [3.05, 3.63) is 65.5 Å². The third-order valence-electron chi connectivity index (χ3n) is 4.38. The molecule has 0 atom stereocenters. The normalized spacial score (nSPS) is 13.5. The number of carbonyl (C=O) groups excluding carboxylic acids is 2. The molecule has 2 aromatic rings. The summed E-state index contributed by atoms with van der Waals surface area (Å²) in [6.07, 6.45) is 2.07. The van der Waals surface area contributed by atoms with Crippen LogP contribution in [0.3, 0.4) is 0 Å². The van der Waals surface area contributed by atoms with E-state index >= 15 is 0 Å². The largest absolute Gasteiger partial charge is 0.354 e. The van der Waals surface area contributed by atoms with Crippen LogP contribution >= 0.6 is 0 Å². The van der Waals surface area contributed by atoms with Crippen LogP contribution in [0.4, 0.5) is 10.1 Å². The lowest BCUT2D eigenvalue weighted by Gasteiger charge is -2.29. The molecule has 1 N–H and O–H groups in total. The number of amides is 2. The van der Waals surface area contributed by atoms with Crippen LogP contribution < -0.4 is 10.2 Å². The van der Waals surface area contributed by atoms with Crippen LogP contribution in [0, 0.1) is 5.82 Å². The first-order chi connectivity index (χ1) is 12.1. The van der Waals surface area contributed by atoms with E-state index in [2.05, 4.69) is 5.32 Å². The zero-order valence-corrected chi connectivity index (χ0v) is 14.0. The molecule has 5 heteroatoms. The number of hydrogen-bond donors (Lipinski definition) is 1. The number of halogens is 1. The number of nitrogens with zero attached hydrogens (tertiary/aromatic N) is 1. The van der Waals surface area contributed by atoms with Gasteiger partial charge in [-0.05, 0) is 42.2 Å². The molecule has 4 nitrogen and oxygen atoms in total. The summed E-state index contributed by atoms with van der Waals surface area (Å²) in [6.45, 7) is 0.865. The smallest absolute Gasteiger partial charge is 0.227 e. The quantitative estimate of drug-likeness (QED) is 0.879. The van der Waals surface area contributed by atoms with Crippen molar-refractivity contribution in [2.45, 2.75) is 25.7 Å². The van der Waals surface area contributed by atoms with Crippen LogP contribution in [-0.4, -0.2) is 24.9 Å². The van der Waals surface area contributed by atoms with E-state index in [1.165, 1.54) is 17.7 Å². The third kappa shape index (κ3) is 4.44. The first-order valence-electron chi connectivity index (χ1n) is 8.53. The van der Waals surface area contributed by atoms with E-state index in [-0.39, 0.29) is 17.6 Å². The van der Waals surface area contributed by atoms with Gasteiger partial charge in [-0.3, -0.25) is 9.59 Å². The Morgan fingerprint density at radius 1 is 1.12 bits per heavy atom. The number of fused-ring (bicyclic) bond motifs is 1. The number of hydrogen-bond acceptors (Lipinski definition) is 2. The summed E-state index contributed by atoms with van der Waals surface area (Å²) < 4.78 is 13.1. The standard InChI is InChI=1S/C20H21FN2O2/c21-17-6-3-4-15(14-17)8-10-19(24)22-12-13-23-18-7-2-1-5-16(18)9-11-20(23)25/h1-7,14H,8-13H2,(H,22,24). The summed E-state index contributed by atoms with van der Waals surface area (Å²) in [4.78, 5) is 25.9. The third-order valence-corrected chi connectivity index (χ3v) is 4.38. The zero-order valence-electron chi connectivity index (χ0n) is 14.0. The highest BCUT2D eigenvalue weighted by Gasteiger charge is 2.23. The van der Waals surface area contributed by atoms with Crippen molar-refractivity contribution in [1.82, 2.24) is 5.32 Å². The summed E-state index contributed by atoms with van der Waals surface area (Å²) in [5, 5.41) is 2.84. The number of para-hydroxylation sites is 1. The van der Waals surface area contributed by atoms with Crippen molar-refractivity contribution in [2.75, 3.05) is 18.0 Å². The Hall–Kier alpha value is -2.69. The highest BCUT2D eigenvalue weighted by molar-refractivity contribution is 5.96.